The van der Waals surface area contributed by atoms with Gasteiger partial charge in [-0.05, 0) is 25.5 Å². The molecule has 6 nitrogen and oxygen atoms in total. The molecule has 1 heterocycles. The lowest BCUT2D eigenvalue weighted by molar-refractivity contribution is 0.544. The number of H-pyrrole nitrogens is 1. The Morgan fingerprint density at radius 3 is 2.62 bits per heavy atom. The molecule has 3 N–H and O–H groups in total. The summed E-state index contributed by atoms with van der Waals surface area (Å²) < 4.78 is 29.0. The maximum atomic E-state index is 12.0. The zero-order chi connectivity index (χ0) is 15.3. The van der Waals surface area contributed by atoms with Gasteiger partial charge in [0.05, 0.1) is 5.69 Å². The van der Waals surface area contributed by atoms with Gasteiger partial charge in [0, 0.05) is 24.7 Å². The lowest BCUT2D eigenvalue weighted by atomic mass is 10.2. The van der Waals surface area contributed by atoms with Crippen molar-refractivity contribution in [1.82, 2.24) is 19.6 Å². The number of hydrogen-bond acceptors (Lipinski definition) is 3. The topological polar surface area (TPSA) is 86.9 Å². The molecule has 21 heavy (non-hydrogen) atoms. The molecule has 1 atom stereocenters. The Kier molecular flexibility index (Phi) is 5.11. The fourth-order valence-corrected chi connectivity index (χ4v) is 3.07. The molecule has 2 rings (SSSR count). The Hall–Kier alpha value is -1.70. The van der Waals surface area contributed by atoms with Crippen molar-refractivity contribution in [2.75, 3.05) is 0 Å². The molecule has 0 saturated heterocycles. The van der Waals surface area contributed by atoms with Crippen LogP contribution >= 0.6 is 0 Å². The van der Waals surface area contributed by atoms with Gasteiger partial charge in [0.15, 0.2) is 0 Å². The van der Waals surface area contributed by atoms with E-state index in [4.69, 9.17) is 0 Å². The minimum absolute atomic E-state index is 0.235. The zero-order valence-corrected chi connectivity index (χ0v) is 12.9. The summed E-state index contributed by atoms with van der Waals surface area (Å²) in [6, 6.07) is 11.1. The van der Waals surface area contributed by atoms with Crippen molar-refractivity contribution in [2.45, 2.75) is 32.9 Å². The van der Waals surface area contributed by atoms with E-state index in [0.29, 0.717) is 6.42 Å². The summed E-state index contributed by atoms with van der Waals surface area (Å²) >= 11 is 0. The Balaban J connectivity index is 1.85. The van der Waals surface area contributed by atoms with Crippen LogP contribution in [0.2, 0.25) is 0 Å². The van der Waals surface area contributed by atoms with Crippen LogP contribution in [0.4, 0.5) is 0 Å². The first-order valence-corrected chi connectivity index (χ1v) is 8.24. The highest BCUT2D eigenvalue weighted by molar-refractivity contribution is 7.87. The second-order valence-electron chi connectivity index (χ2n) is 5.08. The molecule has 0 aliphatic heterocycles. The van der Waals surface area contributed by atoms with E-state index in [1.807, 2.05) is 50.2 Å². The number of aromatic nitrogens is 2. The van der Waals surface area contributed by atoms with Gasteiger partial charge >= 0.3 is 0 Å². The van der Waals surface area contributed by atoms with E-state index in [1.54, 1.807) is 0 Å². The van der Waals surface area contributed by atoms with Gasteiger partial charge < -0.3 is 0 Å². The smallest absolute Gasteiger partial charge is 0.277 e. The van der Waals surface area contributed by atoms with E-state index < -0.39 is 10.2 Å². The molecule has 1 aromatic heterocycles. The minimum atomic E-state index is -3.53. The van der Waals surface area contributed by atoms with Gasteiger partial charge in [-0.15, -0.1) is 0 Å². The quantitative estimate of drug-likeness (QED) is 0.720. The molecular formula is C14H20N4O2S. The van der Waals surface area contributed by atoms with Crippen molar-refractivity contribution in [3.8, 4) is 0 Å². The Morgan fingerprint density at radius 2 is 2.00 bits per heavy atom. The third-order valence-electron chi connectivity index (χ3n) is 2.94. The largest absolute Gasteiger partial charge is 0.283 e. The fraction of sp³-hybridized carbons (Fsp3) is 0.357. The third-order valence-corrected chi connectivity index (χ3v) is 4.18. The van der Waals surface area contributed by atoms with E-state index in [2.05, 4.69) is 19.6 Å². The van der Waals surface area contributed by atoms with Crippen molar-refractivity contribution in [2.24, 2.45) is 0 Å². The van der Waals surface area contributed by atoms with Gasteiger partial charge in [0.2, 0.25) is 0 Å². The molecule has 2 aromatic rings. The van der Waals surface area contributed by atoms with E-state index in [1.165, 1.54) is 0 Å². The Labute approximate surface area is 125 Å². The predicted octanol–water partition coefficient (Wildman–Crippen LogP) is 1.27. The van der Waals surface area contributed by atoms with Crippen molar-refractivity contribution in [1.29, 1.82) is 0 Å². The van der Waals surface area contributed by atoms with Crippen molar-refractivity contribution in [3.05, 3.63) is 53.3 Å². The SMILES string of the molecule is Cc1cc(CC(C)NS(=O)(=O)NCc2ccccc2)n[nH]1. The van der Waals surface area contributed by atoms with Gasteiger partial charge in [-0.3, -0.25) is 5.10 Å². The molecule has 0 bridgehead atoms. The fourth-order valence-electron chi connectivity index (χ4n) is 2.02. The molecule has 1 aromatic carbocycles. The summed E-state index contributed by atoms with van der Waals surface area (Å²) in [7, 11) is -3.53. The molecule has 114 valence electrons. The lowest BCUT2D eigenvalue weighted by Crippen LogP contribution is -2.42. The second kappa shape index (κ2) is 6.84. The number of nitrogens with one attached hydrogen (secondary N) is 3. The molecule has 0 saturated carbocycles. The molecule has 0 amide bonds. The highest BCUT2D eigenvalue weighted by Gasteiger charge is 2.15. The van der Waals surface area contributed by atoms with Gasteiger partial charge in [0.1, 0.15) is 0 Å². The van der Waals surface area contributed by atoms with Crippen LogP contribution in [0, 0.1) is 6.92 Å². The number of hydrogen-bond donors (Lipinski definition) is 3. The molecule has 0 spiro atoms. The van der Waals surface area contributed by atoms with Crippen LogP contribution in [-0.2, 0) is 23.2 Å². The van der Waals surface area contributed by atoms with E-state index in [9.17, 15) is 8.42 Å². The van der Waals surface area contributed by atoms with E-state index >= 15 is 0 Å². The van der Waals surface area contributed by atoms with Crippen LogP contribution in [0.15, 0.2) is 36.4 Å². The summed E-state index contributed by atoms with van der Waals surface area (Å²) in [6.45, 7) is 3.99. The zero-order valence-electron chi connectivity index (χ0n) is 12.1. The van der Waals surface area contributed by atoms with Crippen LogP contribution in [0.5, 0.6) is 0 Å². The standard InChI is InChI=1S/C14H20N4O2S/c1-11-8-14(17-16-11)9-12(2)18-21(19,20)15-10-13-6-4-3-5-7-13/h3-8,12,15,18H,9-10H2,1-2H3,(H,16,17). The van der Waals surface area contributed by atoms with Gasteiger partial charge in [-0.1, -0.05) is 30.3 Å². The number of aromatic amines is 1. The average Bonchev–Trinajstić information content (AvgIpc) is 2.82. The summed E-state index contributed by atoms with van der Waals surface area (Å²) in [5, 5.41) is 6.94. The molecular weight excluding hydrogens is 288 g/mol. The normalized spacial score (nSPS) is 13.2. The number of rotatable bonds is 7. The van der Waals surface area contributed by atoms with Crippen LogP contribution in [0.3, 0.4) is 0 Å². The van der Waals surface area contributed by atoms with Crippen LogP contribution in [0.1, 0.15) is 23.9 Å². The monoisotopic (exact) mass is 308 g/mol. The third kappa shape index (κ3) is 5.30. The maximum Gasteiger partial charge on any atom is 0.277 e. The maximum absolute atomic E-state index is 12.0. The first-order chi connectivity index (χ1) is 9.94. The summed E-state index contributed by atoms with van der Waals surface area (Å²) in [5.41, 5.74) is 2.71. The van der Waals surface area contributed by atoms with Crippen LogP contribution in [0.25, 0.3) is 0 Å². The van der Waals surface area contributed by atoms with Crippen molar-refractivity contribution >= 4 is 10.2 Å². The van der Waals surface area contributed by atoms with Crippen LogP contribution in [-0.4, -0.2) is 24.7 Å². The number of benzene rings is 1. The van der Waals surface area contributed by atoms with E-state index in [-0.39, 0.29) is 12.6 Å². The number of nitrogens with zero attached hydrogens (tertiary/aromatic N) is 1. The molecule has 0 aliphatic carbocycles. The van der Waals surface area contributed by atoms with Gasteiger partial charge in [0.25, 0.3) is 10.2 Å². The van der Waals surface area contributed by atoms with Gasteiger partial charge in [-0.25, -0.2) is 0 Å². The highest BCUT2D eigenvalue weighted by Crippen LogP contribution is 2.03. The Bertz CT molecular complexity index is 667. The average molecular weight is 308 g/mol. The second-order valence-corrected chi connectivity index (χ2v) is 6.61. The first kappa shape index (κ1) is 15.7. The molecule has 0 radical (unpaired) electrons. The molecule has 0 aliphatic rings. The van der Waals surface area contributed by atoms with Crippen molar-refractivity contribution < 1.29 is 8.42 Å². The summed E-state index contributed by atoms with van der Waals surface area (Å²) in [5.74, 6) is 0. The van der Waals surface area contributed by atoms with Crippen LogP contribution < -0.4 is 9.44 Å². The van der Waals surface area contributed by atoms with E-state index in [0.717, 1.165) is 17.0 Å². The molecule has 1 unspecified atom stereocenters. The predicted molar refractivity (Wildman–Crippen MR) is 81.8 cm³/mol. The Morgan fingerprint density at radius 1 is 1.29 bits per heavy atom. The summed E-state index contributed by atoms with van der Waals surface area (Å²) in [6.07, 6.45) is 0.538. The summed E-state index contributed by atoms with van der Waals surface area (Å²) in [4.78, 5) is 0. The van der Waals surface area contributed by atoms with Crippen molar-refractivity contribution in [3.63, 3.8) is 0 Å². The highest BCUT2D eigenvalue weighted by atomic mass is 32.2. The molecule has 0 fully saturated rings. The number of aryl methyl sites for hydroxylation is 1. The van der Waals surface area contributed by atoms with Gasteiger partial charge in [-0.2, -0.15) is 23.0 Å². The molecule has 7 heteroatoms. The minimum Gasteiger partial charge on any atom is -0.283 e. The lowest BCUT2D eigenvalue weighted by Gasteiger charge is -2.13. The first-order valence-electron chi connectivity index (χ1n) is 6.76.